The lowest BCUT2D eigenvalue weighted by Crippen LogP contribution is -2.60. The first-order valence-corrected chi connectivity index (χ1v) is 12.4. The Morgan fingerprint density at radius 2 is 1.48 bits per heavy atom. The number of carboxylic acid groups (broad SMARTS) is 1. The van der Waals surface area contributed by atoms with E-state index in [1.54, 1.807) is 54.6 Å². The Hall–Kier alpha value is -4.51. The Morgan fingerprint density at radius 1 is 0.850 bits per heavy atom. The summed E-state index contributed by atoms with van der Waals surface area (Å²) in [6.07, 6.45) is -2.42. The van der Waals surface area contributed by atoms with Crippen molar-refractivity contribution in [2.45, 2.75) is 51.8 Å². The van der Waals surface area contributed by atoms with E-state index in [2.05, 4.69) is 0 Å². The number of aliphatic carboxylic acids is 1. The lowest BCUT2D eigenvalue weighted by atomic mass is 9.86. The molecule has 0 spiro atoms. The van der Waals surface area contributed by atoms with E-state index < -0.39 is 60.8 Å². The highest BCUT2D eigenvalue weighted by atomic mass is 16.7. The second-order valence-corrected chi connectivity index (χ2v) is 9.01. The quantitative estimate of drug-likeness (QED) is 0.189. The molecule has 1 N–H and O–H groups in total. The number of benzene rings is 2. The van der Waals surface area contributed by atoms with Gasteiger partial charge in [0, 0.05) is 26.3 Å². The summed E-state index contributed by atoms with van der Waals surface area (Å²) in [4.78, 5) is 59.3. The van der Waals surface area contributed by atoms with E-state index in [1.165, 1.54) is 13.0 Å². The molecule has 0 amide bonds. The van der Waals surface area contributed by atoms with E-state index in [4.69, 9.17) is 23.7 Å². The van der Waals surface area contributed by atoms with Crippen molar-refractivity contribution in [3.63, 3.8) is 0 Å². The molecule has 0 radical (unpaired) electrons. The Labute approximate surface area is 230 Å². The van der Waals surface area contributed by atoms with Crippen molar-refractivity contribution < 1.29 is 52.8 Å². The first-order chi connectivity index (χ1) is 19.0. The second-order valence-electron chi connectivity index (χ2n) is 9.01. The molecule has 1 fully saturated rings. The van der Waals surface area contributed by atoms with Crippen LogP contribution in [0.2, 0.25) is 0 Å². The second kappa shape index (κ2) is 14.0. The molecule has 2 aromatic rings. The summed E-state index contributed by atoms with van der Waals surface area (Å²) in [5, 5.41) is 9.56. The van der Waals surface area contributed by atoms with Gasteiger partial charge in [0.25, 0.3) is 0 Å². The molecule has 40 heavy (non-hydrogen) atoms. The van der Waals surface area contributed by atoms with Crippen LogP contribution >= 0.6 is 0 Å². The molecule has 3 rings (SSSR count). The fourth-order valence-electron chi connectivity index (χ4n) is 4.21. The van der Waals surface area contributed by atoms with Gasteiger partial charge in [-0.15, -0.1) is 0 Å². The third-order valence-electron chi connectivity index (χ3n) is 5.87. The fraction of sp³-hybridized carbons (Fsp3) is 0.345. The fourth-order valence-corrected chi connectivity index (χ4v) is 4.21. The van der Waals surface area contributed by atoms with E-state index in [0.29, 0.717) is 11.1 Å². The molecule has 1 heterocycles. The number of ketones is 1. The number of hydrogen-bond donors (Lipinski definition) is 1. The highest BCUT2D eigenvalue weighted by Gasteiger charge is 2.51. The van der Waals surface area contributed by atoms with Gasteiger partial charge in [-0.25, -0.2) is 0 Å². The minimum Gasteiger partial charge on any atom is -0.481 e. The maximum atomic E-state index is 12.3. The topological polar surface area (TPSA) is 152 Å². The molecule has 0 unspecified atom stereocenters. The van der Waals surface area contributed by atoms with Gasteiger partial charge in [-0.3, -0.25) is 24.0 Å². The summed E-state index contributed by atoms with van der Waals surface area (Å²) in [5.41, 5.74) is 1.25. The van der Waals surface area contributed by atoms with Crippen LogP contribution in [0.4, 0.5) is 0 Å². The first kappa shape index (κ1) is 30.0. The number of esters is 3. The zero-order valence-electron chi connectivity index (χ0n) is 22.2. The van der Waals surface area contributed by atoms with Gasteiger partial charge in [-0.1, -0.05) is 48.5 Å². The van der Waals surface area contributed by atoms with Crippen molar-refractivity contribution >= 4 is 35.7 Å². The maximum absolute atomic E-state index is 12.3. The highest BCUT2D eigenvalue weighted by molar-refractivity contribution is 6.06. The molecular formula is C29H30O11. The van der Waals surface area contributed by atoms with Crippen molar-refractivity contribution in [3.8, 4) is 5.75 Å². The predicted molar refractivity (Wildman–Crippen MR) is 139 cm³/mol. The first-order valence-electron chi connectivity index (χ1n) is 12.4. The van der Waals surface area contributed by atoms with Gasteiger partial charge in [0.15, 0.2) is 11.9 Å². The van der Waals surface area contributed by atoms with Crippen LogP contribution in [0.25, 0.3) is 6.08 Å². The Balaban J connectivity index is 1.85. The Bertz CT molecular complexity index is 1240. The van der Waals surface area contributed by atoms with Crippen LogP contribution < -0.4 is 4.74 Å². The monoisotopic (exact) mass is 554 g/mol. The molecule has 0 saturated carbocycles. The van der Waals surface area contributed by atoms with Gasteiger partial charge >= 0.3 is 23.9 Å². The van der Waals surface area contributed by atoms with Crippen molar-refractivity contribution in [2.24, 2.45) is 5.92 Å². The average molecular weight is 555 g/mol. The number of carbonyl (C=O) groups excluding carboxylic acids is 4. The molecule has 1 saturated heterocycles. The summed E-state index contributed by atoms with van der Waals surface area (Å²) in [5.74, 6) is -4.31. The van der Waals surface area contributed by atoms with E-state index in [0.717, 1.165) is 13.8 Å². The van der Waals surface area contributed by atoms with Crippen molar-refractivity contribution in [1.82, 2.24) is 0 Å². The number of carboxylic acids is 1. The summed E-state index contributed by atoms with van der Waals surface area (Å²) in [6, 6.07) is 15.3. The van der Waals surface area contributed by atoms with Crippen molar-refractivity contribution in [1.29, 1.82) is 0 Å². The zero-order valence-corrected chi connectivity index (χ0v) is 22.2. The molecule has 11 heteroatoms. The lowest BCUT2D eigenvalue weighted by molar-refractivity contribution is -0.274. The van der Waals surface area contributed by atoms with Crippen molar-refractivity contribution in [3.05, 3.63) is 71.8 Å². The van der Waals surface area contributed by atoms with Gasteiger partial charge in [0.1, 0.15) is 24.6 Å². The molecule has 1 aliphatic rings. The molecule has 0 bridgehead atoms. The zero-order chi connectivity index (χ0) is 29.2. The summed E-state index contributed by atoms with van der Waals surface area (Å²) >= 11 is 0. The van der Waals surface area contributed by atoms with Gasteiger partial charge < -0.3 is 28.8 Å². The van der Waals surface area contributed by atoms with Crippen LogP contribution in [0.15, 0.2) is 60.7 Å². The van der Waals surface area contributed by atoms with Crippen LogP contribution in [-0.4, -0.2) is 66.0 Å². The summed E-state index contributed by atoms with van der Waals surface area (Å²) in [7, 11) is 0. The van der Waals surface area contributed by atoms with Crippen LogP contribution in [0.3, 0.4) is 0 Å². The highest BCUT2D eigenvalue weighted by Crippen LogP contribution is 2.35. The number of ether oxygens (including phenoxy) is 5. The number of hydrogen-bond acceptors (Lipinski definition) is 10. The number of rotatable bonds is 11. The third-order valence-corrected chi connectivity index (χ3v) is 5.87. The molecule has 0 aliphatic carbocycles. The maximum Gasteiger partial charge on any atom is 0.303 e. The predicted octanol–water partition coefficient (Wildman–Crippen LogP) is 3.20. The van der Waals surface area contributed by atoms with E-state index >= 15 is 0 Å². The molecule has 0 aromatic heterocycles. The smallest absolute Gasteiger partial charge is 0.303 e. The molecule has 5 atom stereocenters. The van der Waals surface area contributed by atoms with Gasteiger partial charge in [-0.05, 0) is 23.8 Å². The standard InChI is InChI=1S/C29H30O11/c1-17(30)36-16-25-27(37-18(2)31)23(15-26(34)35)28(38-19(3)32)29(40-25)39-22-12-9-20(10-13-22)11-14-24(33)21-7-5-4-6-8-21/h4-14,23,25,27-29H,15-16H2,1-3H3,(H,34,35)/b14-11-/t23-,25+,27+,28-,29+/m1/s1. The SMILES string of the molecule is CC(=O)OC[C@@H]1O[C@H](Oc2ccc(/C=C\C(=O)c3ccccc3)cc2)[C@H](OC(C)=O)[C@H](CC(=O)O)[C@@H]1OC(C)=O. The van der Waals surface area contributed by atoms with Crippen LogP contribution in [0.5, 0.6) is 5.75 Å². The lowest BCUT2D eigenvalue weighted by Gasteiger charge is -2.44. The third kappa shape index (κ3) is 8.77. The van der Waals surface area contributed by atoms with Gasteiger partial charge in [-0.2, -0.15) is 0 Å². The van der Waals surface area contributed by atoms with E-state index in [9.17, 15) is 29.1 Å². The minimum absolute atomic E-state index is 0.161. The minimum atomic E-state index is -1.33. The Morgan fingerprint density at radius 3 is 2.05 bits per heavy atom. The van der Waals surface area contributed by atoms with Gasteiger partial charge in [0.2, 0.25) is 6.29 Å². The van der Waals surface area contributed by atoms with Crippen LogP contribution in [-0.2, 0) is 38.1 Å². The number of allylic oxidation sites excluding steroid dienone is 1. The molecule has 2 aromatic carbocycles. The largest absolute Gasteiger partial charge is 0.481 e. The average Bonchev–Trinajstić information content (AvgIpc) is 2.90. The normalized spacial score (nSPS) is 22.2. The molecule has 212 valence electrons. The number of carbonyl (C=O) groups is 5. The summed E-state index contributed by atoms with van der Waals surface area (Å²) < 4.78 is 27.7. The van der Waals surface area contributed by atoms with Crippen LogP contribution in [0, 0.1) is 5.92 Å². The molecule has 11 nitrogen and oxygen atoms in total. The van der Waals surface area contributed by atoms with Crippen LogP contribution in [0.1, 0.15) is 43.1 Å². The Kier molecular flexibility index (Phi) is 10.5. The van der Waals surface area contributed by atoms with E-state index in [1.807, 2.05) is 6.07 Å². The van der Waals surface area contributed by atoms with Crippen molar-refractivity contribution in [2.75, 3.05) is 6.61 Å². The van der Waals surface area contributed by atoms with Gasteiger partial charge in [0.05, 0.1) is 12.3 Å². The molecule has 1 aliphatic heterocycles. The summed E-state index contributed by atoms with van der Waals surface area (Å²) in [6.45, 7) is 3.08. The van der Waals surface area contributed by atoms with E-state index in [-0.39, 0.29) is 18.1 Å². The molecular weight excluding hydrogens is 524 g/mol.